The number of nitrogens with zero attached hydrogens (tertiary/aromatic N) is 4. The molecule has 2 aromatic rings. The molecule has 6 heteroatoms. The van der Waals surface area contributed by atoms with Crippen LogP contribution in [-0.4, -0.2) is 45.1 Å². The average Bonchev–Trinajstić information content (AvgIpc) is 2.98. The summed E-state index contributed by atoms with van der Waals surface area (Å²) >= 11 is 0. The molecular weight excluding hydrogens is 316 g/mol. The van der Waals surface area contributed by atoms with Gasteiger partial charge in [0, 0.05) is 19.3 Å². The first-order chi connectivity index (χ1) is 12.1. The van der Waals surface area contributed by atoms with Crippen molar-refractivity contribution < 1.29 is 9.90 Å². The Balaban J connectivity index is 1.55. The molecule has 2 aliphatic rings. The summed E-state index contributed by atoms with van der Waals surface area (Å²) < 4.78 is 0. The highest BCUT2D eigenvalue weighted by atomic mass is 16.3. The van der Waals surface area contributed by atoms with Crippen molar-refractivity contribution in [1.29, 1.82) is 0 Å². The first-order valence-electron chi connectivity index (χ1n) is 8.78. The van der Waals surface area contributed by atoms with Crippen LogP contribution in [0.15, 0.2) is 36.5 Å². The molecule has 0 spiro atoms. The Bertz CT molecular complexity index is 772. The Hall–Kier alpha value is -2.47. The van der Waals surface area contributed by atoms with Gasteiger partial charge in [-0.15, -0.1) is 0 Å². The van der Waals surface area contributed by atoms with E-state index in [0.717, 1.165) is 37.2 Å². The van der Waals surface area contributed by atoms with Gasteiger partial charge in [-0.05, 0) is 25.3 Å². The summed E-state index contributed by atoms with van der Waals surface area (Å²) in [4.78, 5) is 25.7. The van der Waals surface area contributed by atoms with Gasteiger partial charge in [-0.3, -0.25) is 4.79 Å². The molecule has 0 bridgehead atoms. The zero-order chi connectivity index (χ0) is 17.4. The number of amides is 1. The minimum Gasteiger partial charge on any atom is -0.393 e. The molecule has 1 aromatic carbocycles. The quantitative estimate of drug-likeness (QED) is 0.929. The van der Waals surface area contributed by atoms with Gasteiger partial charge in [-0.2, -0.15) is 0 Å². The summed E-state index contributed by atoms with van der Waals surface area (Å²) in [5, 5.41) is 9.65. The Morgan fingerprint density at radius 1 is 1.20 bits per heavy atom. The summed E-state index contributed by atoms with van der Waals surface area (Å²) in [6.45, 7) is 4.05. The Morgan fingerprint density at radius 2 is 1.92 bits per heavy atom. The number of carbonyl (C=O) groups excluding carboxylic acids is 1. The summed E-state index contributed by atoms with van der Waals surface area (Å²) in [7, 11) is 0. The highest BCUT2D eigenvalue weighted by Crippen LogP contribution is 2.31. The summed E-state index contributed by atoms with van der Waals surface area (Å²) in [5.74, 6) is 0.652. The molecule has 4 rings (SSSR count). The highest BCUT2D eigenvalue weighted by Gasteiger charge is 2.33. The lowest BCUT2D eigenvalue weighted by atomic mass is 10.1. The maximum absolute atomic E-state index is 12.7. The number of benzene rings is 1. The third kappa shape index (κ3) is 2.98. The van der Waals surface area contributed by atoms with Crippen LogP contribution in [0.25, 0.3) is 0 Å². The SMILES string of the molecule is C[C@H](c1ccccc1)N1Cc2nc(N3CCC(O)CC3)ncc2C1=O. The third-order valence-corrected chi connectivity index (χ3v) is 5.16. The number of anilines is 1. The zero-order valence-corrected chi connectivity index (χ0v) is 14.3. The fourth-order valence-electron chi connectivity index (χ4n) is 3.54. The number of carbonyl (C=O) groups is 1. The molecule has 6 nitrogen and oxygen atoms in total. The summed E-state index contributed by atoms with van der Waals surface area (Å²) in [6.07, 6.45) is 2.89. The van der Waals surface area contributed by atoms with E-state index in [1.54, 1.807) is 6.20 Å². The number of aliphatic hydroxyl groups is 1. The zero-order valence-electron chi connectivity index (χ0n) is 14.3. The van der Waals surface area contributed by atoms with Crippen LogP contribution >= 0.6 is 0 Å². The van der Waals surface area contributed by atoms with Crippen LogP contribution in [0.3, 0.4) is 0 Å². The van der Waals surface area contributed by atoms with E-state index in [0.29, 0.717) is 18.1 Å². The van der Waals surface area contributed by atoms with E-state index in [1.807, 2.05) is 42.2 Å². The standard InChI is InChI=1S/C19H22N4O2/c1-13(14-5-3-2-4-6-14)23-12-17-16(18(23)25)11-20-19(21-17)22-9-7-15(24)8-10-22/h2-6,11,13,15,24H,7-10,12H2,1H3/t13-/m1/s1. The molecule has 130 valence electrons. The van der Waals surface area contributed by atoms with Crippen molar-refractivity contribution in [3.05, 3.63) is 53.3 Å². The fourth-order valence-corrected chi connectivity index (χ4v) is 3.54. The van der Waals surface area contributed by atoms with E-state index in [4.69, 9.17) is 0 Å². The average molecular weight is 338 g/mol. The normalized spacial score (nSPS) is 19.2. The lowest BCUT2D eigenvalue weighted by Crippen LogP contribution is -2.37. The van der Waals surface area contributed by atoms with Crippen LogP contribution in [0, 0.1) is 0 Å². The van der Waals surface area contributed by atoms with Gasteiger partial charge in [0.15, 0.2) is 0 Å². The van der Waals surface area contributed by atoms with Crippen LogP contribution < -0.4 is 4.90 Å². The second kappa shape index (κ2) is 6.44. The van der Waals surface area contributed by atoms with Gasteiger partial charge in [0.05, 0.1) is 29.9 Å². The van der Waals surface area contributed by atoms with Gasteiger partial charge in [0.1, 0.15) is 0 Å². The lowest BCUT2D eigenvalue weighted by molar-refractivity contribution is 0.0715. The Morgan fingerprint density at radius 3 is 2.64 bits per heavy atom. The molecule has 1 saturated heterocycles. The van der Waals surface area contributed by atoms with Crippen LogP contribution in [0.1, 0.15) is 47.4 Å². The topological polar surface area (TPSA) is 69.6 Å². The van der Waals surface area contributed by atoms with Gasteiger partial charge in [-0.1, -0.05) is 30.3 Å². The maximum Gasteiger partial charge on any atom is 0.258 e. The van der Waals surface area contributed by atoms with Crippen LogP contribution in [0.5, 0.6) is 0 Å². The minimum absolute atomic E-state index is 0.00326. The lowest BCUT2D eigenvalue weighted by Gasteiger charge is -2.29. The number of fused-ring (bicyclic) bond motifs is 1. The predicted molar refractivity (Wildman–Crippen MR) is 94.2 cm³/mol. The molecule has 1 amide bonds. The van der Waals surface area contributed by atoms with E-state index in [-0.39, 0.29) is 18.1 Å². The first-order valence-corrected chi connectivity index (χ1v) is 8.78. The van der Waals surface area contributed by atoms with Crippen molar-refractivity contribution in [3.8, 4) is 0 Å². The van der Waals surface area contributed by atoms with Gasteiger partial charge >= 0.3 is 0 Å². The number of rotatable bonds is 3. The largest absolute Gasteiger partial charge is 0.393 e. The van der Waals surface area contributed by atoms with Crippen molar-refractivity contribution in [1.82, 2.24) is 14.9 Å². The van der Waals surface area contributed by atoms with E-state index >= 15 is 0 Å². The highest BCUT2D eigenvalue weighted by molar-refractivity contribution is 5.97. The van der Waals surface area contributed by atoms with Gasteiger partial charge < -0.3 is 14.9 Å². The molecule has 1 aromatic heterocycles. The van der Waals surface area contributed by atoms with Crippen LogP contribution in [0.2, 0.25) is 0 Å². The first kappa shape index (κ1) is 16.0. The van der Waals surface area contributed by atoms with E-state index in [1.165, 1.54) is 0 Å². The maximum atomic E-state index is 12.7. The molecule has 0 saturated carbocycles. The smallest absolute Gasteiger partial charge is 0.258 e. The molecular formula is C19H22N4O2. The number of aliphatic hydroxyl groups excluding tert-OH is 1. The van der Waals surface area contributed by atoms with Crippen molar-refractivity contribution >= 4 is 11.9 Å². The van der Waals surface area contributed by atoms with Crippen molar-refractivity contribution in [2.24, 2.45) is 0 Å². The molecule has 1 fully saturated rings. The number of hydrogen-bond acceptors (Lipinski definition) is 5. The molecule has 2 aliphatic heterocycles. The molecule has 1 N–H and O–H groups in total. The molecule has 3 heterocycles. The van der Waals surface area contributed by atoms with Crippen LogP contribution in [0.4, 0.5) is 5.95 Å². The van der Waals surface area contributed by atoms with Crippen LogP contribution in [-0.2, 0) is 6.54 Å². The van der Waals surface area contributed by atoms with Gasteiger partial charge in [-0.25, -0.2) is 9.97 Å². The molecule has 1 atom stereocenters. The predicted octanol–water partition coefficient (Wildman–Crippen LogP) is 2.15. The molecule has 25 heavy (non-hydrogen) atoms. The van der Waals surface area contributed by atoms with Crippen molar-refractivity contribution in [2.75, 3.05) is 18.0 Å². The Labute approximate surface area is 147 Å². The van der Waals surface area contributed by atoms with Crippen molar-refractivity contribution in [2.45, 2.75) is 38.5 Å². The second-order valence-corrected chi connectivity index (χ2v) is 6.77. The van der Waals surface area contributed by atoms with Crippen molar-refractivity contribution in [3.63, 3.8) is 0 Å². The number of aromatic nitrogens is 2. The molecule has 0 unspecified atom stereocenters. The molecule has 0 radical (unpaired) electrons. The third-order valence-electron chi connectivity index (χ3n) is 5.16. The number of piperidine rings is 1. The van der Waals surface area contributed by atoms with Gasteiger partial charge in [0.2, 0.25) is 5.95 Å². The summed E-state index contributed by atoms with van der Waals surface area (Å²) in [5.41, 5.74) is 2.51. The van der Waals surface area contributed by atoms with Gasteiger partial charge in [0.25, 0.3) is 5.91 Å². The summed E-state index contributed by atoms with van der Waals surface area (Å²) in [6, 6.07) is 10.0. The van der Waals surface area contributed by atoms with E-state index in [9.17, 15) is 9.90 Å². The monoisotopic (exact) mass is 338 g/mol. The molecule has 0 aliphatic carbocycles. The van der Waals surface area contributed by atoms with E-state index in [2.05, 4.69) is 14.9 Å². The second-order valence-electron chi connectivity index (χ2n) is 6.77. The Kier molecular flexibility index (Phi) is 4.13. The van der Waals surface area contributed by atoms with E-state index < -0.39 is 0 Å². The minimum atomic E-state index is -0.227. The number of hydrogen-bond donors (Lipinski definition) is 1. The fraction of sp³-hybridized carbons (Fsp3) is 0.421.